The molecule has 1 saturated carbocycles. The predicted molar refractivity (Wildman–Crippen MR) is 95.9 cm³/mol. The molecule has 2 aliphatic rings. The fourth-order valence-electron chi connectivity index (χ4n) is 3.97. The number of hydrogen-bond acceptors (Lipinski definition) is 4. The van der Waals surface area contributed by atoms with Crippen LogP contribution in [0.15, 0.2) is 23.1 Å². The summed E-state index contributed by atoms with van der Waals surface area (Å²) < 4.78 is 33.9. The Morgan fingerprint density at radius 1 is 1.08 bits per heavy atom. The van der Waals surface area contributed by atoms with Crippen LogP contribution in [0.3, 0.4) is 0 Å². The topological polar surface area (TPSA) is 72.5 Å². The number of aryl methyl sites for hydroxylation is 2. The average Bonchev–Trinajstić information content (AvgIpc) is 2.62. The Bertz CT molecular complexity index is 736. The lowest BCUT2D eigenvalue weighted by atomic mass is 9.82. The molecule has 0 atom stereocenters. The van der Waals surface area contributed by atoms with Gasteiger partial charge in [-0.2, -0.15) is 4.72 Å². The molecule has 1 aromatic carbocycles. The van der Waals surface area contributed by atoms with Crippen LogP contribution in [-0.4, -0.2) is 26.5 Å². The maximum Gasteiger partial charge on any atom is 0.327 e. The third-order valence-electron chi connectivity index (χ3n) is 5.33. The van der Waals surface area contributed by atoms with Gasteiger partial charge in [0.1, 0.15) is 5.54 Å². The van der Waals surface area contributed by atoms with Gasteiger partial charge in [0.2, 0.25) is 10.0 Å². The number of esters is 1. The minimum absolute atomic E-state index is 0.251. The average molecular weight is 365 g/mol. The fourth-order valence-corrected chi connectivity index (χ4v) is 5.43. The van der Waals surface area contributed by atoms with Crippen LogP contribution >= 0.6 is 0 Å². The Hall–Kier alpha value is -1.40. The first-order chi connectivity index (χ1) is 12.0. The molecule has 0 aromatic heterocycles. The monoisotopic (exact) mass is 365 g/mol. The highest BCUT2D eigenvalue weighted by atomic mass is 32.2. The lowest BCUT2D eigenvalue weighted by Crippen LogP contribution is -2.56. The maximum atomic E-state index is 13.0. The van der Waals surface area contributed by atoms with Gasteiger partial charge in [-0.15, -0.1) is 0 Å². The van der Waals surface area contributed by atoms with Crippen molar-refractivity contribution in [2.45, 2.75) is 75.1 Å². The highest BCUT2D eigenvalue weighted by Gasteiger charge is 2.44. The molecule has 1 fully saturated rings. The van der Waals surface area contributed by atoms with E-state index in [9.17, 15) is 13.2 Å². The quantitative estimate of drug-likeness (QED) is 0.814. The first-order valence-corrected chi connectivity index (χ1v) is 10.8. The fraction of sp³-hybridized carbons (Fsp3) is 0.632. The number of fused-ring (bicyclic) bond motifs is 1. The number of nitrogens with one attached hydrogen (secondary N) is 1. The molecule has 0 heterocycles. The van der Waals surface area contributed by atoms with Gasteiger partial charge in [0.25, 0.3) is 0 Å². The van der Waals surface area contributed by atoms with Crippen molar-refractivity contribution >= 4 is 16.0 Å². The van der Waals surface area contributed by atoms with E-state index in [1.807, 2.05) is 6.07 Å². The van der Waals surface area contributed by atoms with Crippen molar-refractivity contribution in [2.24, 2.45) is 0 Å². The van der Waals surface area contributed by atoms with Gasteiger partial charge in [0.05, 0.1) is 11.5 Å². The molecule has 5 nitrogen and oxygen atoms in total. The van der Waals surface area contributed by atoms with E-state index in [1.165, 1.54) is 5.56 Å². The van der Waals surface area contributed by atoms with Gasteiger partial charge in [-0.1, -0.05) is 25.3 Å². The molecular formula is C19H27NO4S. The van der Waals surface area contributed by atoms with E-state index in [1.54, 1.807) is 19.1 Å². The SMILES string of the molecule is CCOC(=O)C1(NS(=O)(=O)c2ccc3c(c2)CCCC3)CCCCC1. The van der Waals surface area contributed by atoms with Crippen LogP contribution in [0.5, 0.6) is 0 Å². The molecule has 1 N–H and O–H groups in total. The second-order valence-electron chi connectivity index (χ2n) is 7.11. The highest BCUT2D eigenvalue weighted by Crippen LogP contribution is 2.32. The van der Waals surface area contributed by atoms with Crippen molar-refractivity contribution in [1.82, 2.24) is 4.72 Å². The number of benzene rings is 1. The zero-order chi connectivity index (χ0) is 17.9. The number of hydrogen-bond donors (Lipinski definition) is 1. The molecule has 0 radical (unpaired) electrons. The minimum atomic E-state index is -3.77. The molecule has 3 rings (SSSR count). The van der Waals surface area contributed by atoms with E-state index in [0.29, 0.717) is 12.8 Å². The molecule has 6 heteroatoms. The molecule has 0 saturated heterocycles. The van der Waals surface area contributed by atoms with Crippen LogP contribution in [0.4, 0.5) is 0 Å². The van der Waals surface area contributed by atoms with Gasteiger partial charge in [0, 0.05) is 0 Å². The molecular weight excluding hydrogens is 338 g/mol. The van der Waals surface area contributed by atoms with E-state index in [4.69, 9.17) is 4.74 Å². The number of sulfonamides is 1. The van der Waals surface area contributed by atoms with Crippen LogP contribution in [0.25, 0.3) is 0 Å². The van der Waals surface area contributed by atoms with Gasteiger partial charge in [0.15, 0.2) is 0 Å². The van der Waals surface area contributed by atoms with Crippen molar-refractivity contribution in [3.8, 4) is 0 Å². The highest BCUT2D eigenvalue weighted by molar-refractivity contribution is 7.89. The first-order valence-electron chi connectivity index (χ1n) is 9.30. The summed E-state index contributed by atoms with van der Waals surface area (Å²) in [6, 6.07) is 5.35. The molecule has 1 aromatic rings. The summed E-state index contributed by atoms with van der Waals surface area (Å²) in [5.74, 6) is -0.448. The summed E-state index contributed by atoms with van der Waals surface area (Å²) in [6.45, 7) is 1.99. The molecule has 0 unspecified atom stereocenters. The molecule has 2 aliphatic carbocycles. The summed E-state index contributed by atoms with van der Waals surface area (Å²) in [6.07, 6.45) is 7.84. The molecule has 138 valence electrons. The summed E-state index contributed by atoms with van der Waals surface area (Å²) in [4.78, 5) is 12.8. The normalized spacial score (nSPS) is 19.9. The number of rotatable bonds is 5. The van der Waals surface area contributed by atoms with Crippen LogP contribution in [0.1, 0.15) is 63.0 Å². The summed E-state index contributed by atoms with van der Waals surface area (Å²) >= 11 is 0. The molecule has 25 heavy (non-hydrogen) atoms. The van der Waals surface area contributed by atoms with Crippen LogP contribution < -0.4 is 4.72 Å². The zero-order valence-electron chi connectivity index (χ0n) is 14.8. The Labute approximate surface area is 150 Å². The Balaban J connectivity index is 1.89. The second kappa shape index (κ2) is 7.46. The van der Waals surface area contributed by atoms with Gasteiger partial charge in [-0.3, -0.25) is 4.79 Å². The van der Waals surface area contributed by atoms with Crippen molar-refractivity contribution in [2.75, 3.05) is 6.61 Å². The standard InChI is InChI=1S/C19H27NO4S/c1-2-24-18(21)19(12-6-3-7-13-19)20-25(22,23)17-11-10-15-8-4-5-9-16(15)14-17/h10-11,14,20H,2-9,12-13H2,1H3. The first kappa shape index (κ1) is 18.4. The van der Waals surface area contributed by atoms with Crippen molar-refractivity contribution < 1.29 is 17.9 Å². The van der Waals surface area contributed by atoms with E-state index < -0.39 is 21.5 Å². The van der Waals surface area contributed by atoms with Crippen LogP contribution in [0.2, 0.25) is 0 Å². The number of ether oxygens (including phenoxy) is 1. The largest absolute Gasteiger partial charge is 0.465 e. The van der Waals surface area contributed by atoms with Gasteiger partial charge in [-0.25, -0.2) is 8.42 Å². The van der Waals surface area contributed by atoms with Crippen molar-refractivity contribution in [3.63, 3.8) is 0 Å². The molecule has 0 amide bonds. The van der Waals surface area contributed by atoms with Crippen molar-refractivity contribution in [3.05, 3.63) is 29.3 Å². The lowest BCUT2D eigenvalue weighted by Gasteiger charge is -2.35. The van der Waals surface area contributed by atoms with E-state index >= 15 is 0 Å². The maximum absolute atomic E-state index is 13.0. The number of carbonyl (C=O) groups excluding carboxylic acids is 1. The third kappa shape index (κ3) is 3.90. The predicted octanol–water partition coefficient (Wildman–Crippen LogP) is 3.11. The van der Waals surface area contributed by atoms with Gasteiger partial charge in [-0.05, 0) is 68.7 Å². The third-order valence-corrected chi connectivity index (χ3v) is 6.87. The van der Waals surface area contributed by atoms with E-state index in [0.717, 1.165) is 50.5 Å². The summed E-state index contributed by atoms with van der Waals surface area (Å²) in [7, 11) is -3.77. The lowest BCUT2D eigenvalue weighted by molar-refractivity contribution is -0.151. The van der Waals surface area contributed by atoms with E-state index in [2.05, 4.69) is 4.72 Å². The molecule has 0 aliphatic heterocycles. The Morgan fingerprint density at radius 2 is 1.76 bits per heavy atom. The minimum Gasteiger partial charge on any atom is -0.465 e. The van der Waals surface area contributed by atoms with Crippen molar-refractivity contribution in [1.29, 1.82) is 0 Å². The Kier molecular flexibility index (Phi) is 5.49. The Morgan fingerprint density at radius 3 is 2.44 bits per heavy atom. The molecule has 0 spiro atoms. The van der Waals surface area contributed by atoms with Crippen LogP contribution in [-0.2, 0) is 32.4 Å². The van der Waals surface area contributed by atoms with E-state index in [-0.39, 0.29) is 11.5 Å². The number of carbonyl (C=O) groups is 1. The summed E-state index contributed by atoms with van der Waals surface area (Å²) in [5.41, 5.74) is 1.23. The smallest absolute Gasteiger partial charge is 0.327 e. The van der Waals surface area contributed by atoms with Gasteiger partial charge >= 0.3 is 5.97 Å². The summed E-state index contributed by atoms with van der Waals surface area (Å²) in [5, 5.41) is 0. The second-order valence-corrected chi connectivity index (χ2v) is 8.79. The van der Waals surface area contributed by atoms with Crippen LogP contribution in [0, 0.1) is 0 Å². The van der Waals surface area contributed by atoms with Gasteiger partial charge < -0.3 is 4.74 Å². The zero-order valence-corrected chi connectivity index (χ0v) is 15.7. The molecule has 0 bridgehead atoms.